The van der Waals surface area contributed by atoms with Crippen LogP contribution < -0.4 is 5.56 Å². The number of ketones is 1. The van der Waals surface area contributed by atoms with Gasteiger partial charge in [-0.05, 0) is 50.3 Å². The van der Waals surface area contributed by atoms with Crippen molar-refractivity contribution in [2.45, 2.75) is 105 Å². The zero-order valence-electron chi connectivity index (χ0n) is 22.5. The number of carbonyl (C=O) groups is 2. The minimum atomic E-state index is -0.337. The molecular weight excluding hydrogens is 438 g/mol. The Morgan fingerprint density at radius 2 is 1.57 bits per heavy atom. The van der Waals surface area contributed by atoms with Crippen LogP contribution in [0.2, 0.25) is 0 Å². The van der Waals surface area contributed by atoms with Crippen LogP contribution in [0.4, 0.5) is 0 Å². The van der Waals surface area contributed by atoms with Crippen molar-refractivity contribution < 1.29 is 9.59 Å². The zero-order valence-corrected chi connectivity index (χ0v) is 22.5. The number of amides is 1. The summed E-state index contributed by atoms with van der Waals surface area (Å²) in [5.74, 6) is -0.264. The molecule has 2 aromatic rings. The Labute approximate surface area is 211 Å². The van der Waals surface area contributed by atoms with Crippen LogP contribution in [0.25, 0.3) is 5.69 Å². The fourth-order valence-electron chi connectivity index (χ4n) is 4.46. The lowest BCUT2D eigenvalue weighted by molar-refractivity contribution is -0.131. The SMILES string of the molecule is CCCCCCCCCC(=O)N(CCCC)CC(=O)c1c(CC)[nH]n(-c2cccc(C)c2C)c1=O. The minimum absolute atomic E-state index is 0.0174. The van der Waals surface area contributed by atoms with Crippen molar-refractivity contribution in [3.8, 4) is 5.69 Å². The molecule has 194 valence electrons. The normalized spacial score (nSPS) is 11.1. The molecule has 2 rings (SSSR count). The van der Waals surface area contributed by atoms with Crippen LogP contribution in [0.15, 0.2) is 23.0 Å². The van der Waals surface area contributed by atoms with Crippen molar-refractivity contribution in [2.75, 3.05) is 13.1 Å². The molecule has 0 unspecified atom stereocenters. The predicted molar refractivity (Wildman–Crippen MR) is 144 cm³/mol. The third kappa shape index (κ3) is 7.94. The molecule has 0 atom stereocenters. The van der Waals surface area contributed by atoms with Crippen LogP contribution in [0.5, 0.6) is 0 Å². The van der Waals surface area contributed by atoms with Gasteiger partial charge in [-0.25, -0.2) is 4.68 Å². The van der Waals surface area contributed by atoms with E-state index in [-0.39, 0.29) is 29.4 Å². The van der Waals surface area contributed by atoms with E-state index in [1.54, 1.807) is 4.90 Å². The average molecular weight is 484 g/mol. The molecule has 6 nitrogen and oxygen atoms in total. The molecule has 0 spiro atoms. The predicted octanol–water partition coefficient (Wildman–Crippen LogP) is 6.30. The number of nitrogens with zero attached hydrogens (tertiary/aromatic N) is 2. The monoisotopic (exact) mass is 483 g/mol. The maximum Gasteiger partial charge on any atom is 0.282 e. The number of hydrogen-bond acceptors (Lipinski definition) is 3. The lowest BCUT2D eigenvalue weighted by Gasteiger charge is -2.22. The fraction of sp³-hybridized carbons (Fsp3) is 0.621. The van der Waals surface area contributed by atoms with Gasteiger partial charge >= 0.3 is 0 Å². The Morgan fingerprint density at radius 1 is 0.914 bits per heavy atom. The molecule has 1 aromatic carbocycles. The van der Waals surface area contributed by atoms with E-state index < -0.39 is 0 Å². The third-order valence-electron chi connectivity index (χ3n) is 6.88. The van der Waals surface area contributed by atoms with E-state index >= 15 is 0 Å². The molecule has 1 heterocycles. The Bertz CT molecular complexity index is 1020. The van der Waals surface area contributed by atoms with Crippen LogP contribution >= 0.6 is 0 Å². The highest BCUT2D eigenvalue weighted by Crippen LogP contribution is 2.17. The average Bonchev–Trinajstić information content (AvgIpc) is 3.18. The number of H-pyrrole nitrogens is 1. The first-order valence-electron chi connectivity index (χ1n) is 13.6. The minimum Gasteiger partial charge on any atom is -0.335 e. The maximum atomic E-state index is 13.4. The smallest absolute Gasteiger partial charge is 0.282 e. The number of Topliss-reactive ketones (excluding diaryl/α,β-unsaturated/α-hetero) is 1. The van der Waals surface area contributed by atoms with E-state index in [2.05, 4.69) is 18.9 Å². The van der Waals surface area contributed by atoms with Gasteiger partial charge in [0.15, 0.2) is 5.78 Å². The van der Waals surface area contributed by atoms with Gasteiger partial charge in [0.1, 0.15) is 5.56 Å². The van der Waals surface area contributed by atoms with Gasteiger partial charge in [0.05, 0.1) is 12.2 Å². The number of carbonyl (C=O) groups excluding carboxylic acids is 2. The number of aromatic amines is 1. The van der Waals surface area contributed by atoms with Gasteiger partial charge in [0, 0.05) is 18.7 Å². The summed E-state index contributed by atoms with van der Waals surface area (Å²) in [4.78, 5) is 41.4. The van der Waals surface area contributed by atoms with E-state index in [0.29, 0.717) is 25.1 Å². The number of aryl methyl sites for hydroxylation is 2. The van der Waals surface area contributed by atoms with Crippen molar-refractivity contribution in [3.63, 3.8) is 0 Å². The molecular formula is C29H45N3O3. The van der Waals surface area contributed by atoms with Gasteiger partial charge in [-0.1, -0.05) is 77.8 Å². The molecule has 0 aliphatic heterocycles. The second-order valence-corrected chi connectivity index (χ2v) is 9.64. The first-order valence-corrected chi connectivity index (χ1v) is 13.6. The second kappa shape index (κ2) is 14.7. The molecule has 0 saturated carbocycles. The highest BCUT2D eigenvalue weighted by molar-refractivity contribution is 6.00. The largest absolute Gasteiger partial charge is 0.335 e. The van der Waals surface area contributed by atoms with Gasteiger partial charge in [0.2, 0.25) is 5.91 Å². The highest BCUT2D eigenvalue weighted by Gasteiger charge is 2.25. The summed E-state index contributed by atoms with van der Waals surface area (Å²) in [6, 6.07) is 5.79. The van der Waals surface area contributed by atoms with Crippen LogP contribution in [-0.2, 0) is 11.2 Å². The topological polar surface area (TPSA) is 75.2 Å². The number of nitrogens with one attached hydrogen (secondary N) is 1. The van der Waals surface area contributed by atoms with Crippen molar-refractivity contribution in [1.82, 2.24) is 14.7 Å². The van der Waals surface area contributed by atoms with Crippen molar-refractivity contribution >= 4 is 11.7 Å². The summed E-state index contributed by atoms with van der Waals surface area (Å²) in [7, 11) is 0. The molecule has 6 heteroatoms. The van der Waals surface area contributed by atoms with Gasteiger partial charge in [-0.15, -0.1) is 0 Å². The summed E-state index contributed by atoms with van der Waals surface area (Å²) in [6.45, 7) is 10.7. The molecule has 0 saturated heterocycles. The second-order valence-electron chi connectivity index (χ2n) is 9.64. The lowest BCUT2D eigenvalue weighted by Crippen LogP contribution is -2.38. The molecule has 0 aliphatic rings. The molecule has 35 heavy (non-hydrogen) atoms. The van der Waals surface area contributed by atoms with Crippen LogP contribution in [0.3, 0.4) is 0 Å². The summed E-state index contributed by atoms with van der Waals surface area (Å²) < 4.78 is 1.48. The number of rotatable bonds is 16. The Kier molecular flexibility index (Phi) is 12.0. The van der Waals surface area contributed by atoms with Gasteiger partial charge in [-0.3, -0.25) is 19.5 Å². The van der Waals surface area contributed by atoms with Crippen molar-refractivity contribution in [1.29, 1.82) is 0 Å². The lowest BCUT2D eigenvalue weighted by atomic mass is 10.1. The fourth-order valence-corrected chi connectivity index (χ4v) is 4.46. The van der Waals surface area contributed by atoms with E-state index in [4.69, 9.17) is 0 Å². The molecule has 1 aromatic heterocycles. The molecule has 1 amide bonds. The first kappa shape index (κ1) is 28.6. The van der Waals surface area contributed by atoms with Gasteiger partial charge in [-0.2, -0.15) is 0 Å². The highest BCUT2D eigenvalue weighted by atomic mass is 16.2. The maximum absolute atomic E-state index is 13.4. The number of hydrogen-bond donors (Lipinski definition) is 1. The molecule has 0 fully saturated rings. The Hall–Kier alpha value is -2.63. The Morgan fingerprint density at radius 3 is 2.23 bits per heavy atom. The molecule has 0 radical (unpaired) electrons. The van der Waals surface area contributed by atoms with E-state index in [9.17, 15) is 14.4 Å². The summed E-state index contributed by atoms with van der Waals surface area (Å²) >= 11 is 0. The third-order valence-corrected chi connectivity index (χ3v) is 6.88. The van der Waals surface area contributed by atoms with Crippen LogP contribution in [-0.4, -0.2) is 39.5 Å². The number of aromatic nitrogens is 2. The standard InChI is InChI=1S/C29H45N3O3/c1-6-9-11-12-13-14-15-19-27(34)31(20-10-7-2)21-26(33)28-24(8-3)30-32(29(28)35)25-18-16-17-22(4)23(25)5/h16-18,30H,6-15,19-21H2,1-5H3. The first-order chi connectivity index (χ1) is 16.8. The van der Waals surface area contributed by atoms with Gasteiger partial charge < -0.3 is 4.90 Å². The Balaban J connectivity index is 2.14. The summed E-state index contributed by atoms with van der Waals surface area (Å²) in [6.07, 6.45) is 10.8. The van der Waals surface area contributed by atoms with Gasteiger partial charge in [0.25, 0.3) is 5.56 Å². The number of unbranched alkanes of at least 4 members (excludes halogenated alkanes) is 7. The van der Waals surface area contributed by atoms with Crippen molar-refractivity contribution in [2.24, 2.45) is 0 Å². The van der Waals surface area contributed by atoms with E-state index in [0.717, 1.165) is 48.9 Å². The molecule has 0 bridgehead atoms. The number of benzene rings is 1. The molecule has 0 aliphatic carbocycles. The zero-order chi connectivity index (χ0) is 25.8. The van der Waals surface area contributed by atoms with Crippen molar-refractivity contribution in [3.05, 3.63) is 50.9 Å². The van der Waals surface area contributed by atoms with E-state index in [1.807, 2.05) is 39.0 Å². The van der Waals surface area contributed by atoms with Crippen LogP contribution in [0.1, 0.15) is 112 Å². The quantitative estimate of drug-likeness (QED) is 0.225. The molecule has 1 N–H and O–H groups in total. The summed E-state index contributed by atoms with van der Waals surface area (Å²) in [5, 5.41) is 3.15. The summed E-state index contributed by atoms with van der Waals surface area (Å²) in [5.41, 5.74) is 3.29. The van der Waals surface area contributed by atoms with Crippen LogP contribution in [0, 0.1) is 13.8 Å². The van der Waals surface area contributed by atoms with E-state index in [1.165, 1.54) is 30.4 Å².